The van der Waals surface area contributed by atoms with Gasteiger partial charge in [0.05, 0.1) is 15.9 Å². The lowest BCUT2D eigenvalue weighted by Gasteiger charge is -2.20. The SMILES string of the molecule is CC(C)(C)OC(=O)n1c(-c2ccsc2)cc2sccc21. The first kappa shape index (κ1) is 13.4. The standard InChI is InChI=1S/C15H15NO2S2/c1-15(2,3)18-14(17)16-11-5-7-20-13(11)8-12(16)10-4-6-19-9-10/h4-9H,1-3H3. The zero-order valence-electron chi connectivity index (χ0n) is 11.5. The maximum absolute atomic E-state index is 12.5. The first-order chi connectivity index (χ1) is 9.46. The Labute approximate surface area is 125 Å². The van der Waals surface area contributed by atoms with Crippen molar-refractivity contribution in [3.63, 3.8) is 0 Å². The molecule has 3 aromatic rings. The summed E-state index contributed by atoms with van der Waals surface area (Å²) in [7, 11) is 0. The summed E-state index contributed by atoms with van der Waals surface area (Å²) in [6.07, 6.45) is -0.327. The number of hydrogen-bond acceptors (Lipinski definition) is 4. The third kappa shape index (κ3) is 2.39. The molecule has 0 amide bonds. The molecule has 5 heteroatoms. The minimum absolute atomic E-state index is 0.327. The summed E-state index contributed by atoms with van der Waals surface area (Å²) >= 11 is 3.25. The van der Waals surface area contributed by atoms with Gasteiger partial charge in [0.1, 0.15) is 5.60 Å². The van der Waals surface area contributed by atoms with E-state index in [0.717, 1.165) is 21.5 Å². The molecule has 20 heavy (non-hydrogen) atoms. The van der Waals surface area contributed by atoms with Crippen molar-refractivity contribution in [2.45, 2.75) is 26.4 Å². The monoisotopic (exact) mass is 305 g/mol. The van der Waals surface area contributed by atoms with Crippen LogP contribution in [0.1, 0.15) is 20.8 Å². The maximum Gasteiger partial charge on any atom is 0.419 e. The fourth-order valence-corrected chi connectivity index (χ4v) is 3.51. The Kier molecular flexibility index (Phi) is 3.18. The van der Waals surface area contributed by atoms with Gasteiger partial charge in [0.15, 0.2) is 0 Å². The van der Waals surface area contributed by atoms with E-state index >= 15 is 0 Å². The number of rotatable bonds is 1. The van der Waals surface area contributed by atoms with Gasteiger partial charge in [-0.25, -0.2) is 9.36 Å². The molecule has 0 atom stereocenters. The summed E-state index contributed by atoms with van der Waals surface area (Å²) in [6.45, 7) is 5.64. The Bertz CT molecular complexity index is 745. The van der Waals surface area contributed by atoms with E-state index in [9.17, 15) is 4.79 Å². The molecule has 0 N–H and O–H groups in total. The van der Waals surface area contributed by atoms with Crippen molar-refractivity contribution in [1.29, 1.82) is 0 Å². The van der Waals surface area contributed by atoms with E-state index < -0.39 is 5.60 Å². The minimum Gasteiger partial charge on any atom is -0.443 e. The highest BCUT2D eigenvalue weighted by Crippen LogP contribution is 2.33. The first-order valence-electron chi connectivity index (χ1n) is 6.30. The van der Waals surface area contributed by atoms with Crippen molar-refractivity contribution < 1.29 is 9.53 Å². The second-order valence-electron chi connectivity index (χ2n) is 5.53. The molecule has 0 bridgehead atoms. The van der Waals surface area contributed by atoms with Crippen LogP contribution in [0.4, 0.5) is 4.79 Å². The summed E-state index contributed by atoms with van der Waals surface area (Å²) in [5.41, 5.74) is 2.34. The van der Waals surface area contributed by atoms with Gasteiger partial charge in [-0.3, -0.25) is 0 Å². The third-order valence-electron chi connectivity index (χ3n) is 2.82. The van der Waals surface area contributed by atoms with Crippen LogP contribution in [0.2, 0.25) is 0 Å². The molecule has 0 aliphatic rings. The van der Waals surface area contributed by atoms with E-state index in [1.165, 1.54) is 0 Å². The van der Waals surface area contributed by atoms with Crippen LogP contribution in [-0.4, -0.2) is 16.3 Å². The zero-order valence-corrected chi connectivity index (χ0v) is 13.2. The Balaban J connectivity index is 2.14. The maximum atomic E-state index is 12.5. The van der Waals surface area contributed by atoms with Crippen LogP contribution in [-0.2, 0) is 4.74 Å². The number of fused-ring (bicyclic) bond motifs is 1. The van der Waals surface area contributed by atoms with E-state index in [0.29, 0.717) is 0 Å². The van der Waals surface area contributed by atoms with Crippen molar-refractivity contribution in [3.8, 4) is 11.3 Å². The van der Waals surface area contributed by atoms with E-state index in [2.05, 4.69) is 0 Å². The average Bonchev–Trinajstić information content (AvgIpc) is 3.01. The highest BCUT2D eigenvalue weighted by Gasteiger charge is 2.23. The molecular formula is C15H15NO2S2. The van der Waals surface area contributed by atoms with Crippen LogP contribution >= 0.6 is 22.7 Å². The van der Waals surface area contributed by atoms with Gasteiger partial charge < -0.3 is 4.74 Å². The molecule has 0 aliphatic heterocycles. The Morgan fingerprint density at radius 3 is 2.70 bits per heavy atom. The van der Waals surface area contributed by atoms with Crippen molar-refractivity contribution in [2.24, 2.45) is 0 Å². The van der Waals surface area contributed by atoms with Crippen LogP contribution in [0.3, 0.4) is 0 Å². The number of nitrogens with zero attached hydrogens (tertiary/aromatic N) is 1. The van der Waals surface area contributed by atoms with Gasteiger partial charge in [-0.1, -0.05) is 0 Å². The fraction of sp³-hybridized carbons (Fsp3) is 0.267. The number of aromatic nitrogens is 1. The molecule has 104 valence electrons. The first-order valence-corrected chi connectivity index (χ1v) is 8.13. The molecule has 0 unspecified atom stereocenters. The van der Waals surface area contributed by atoms with Crippen molar-refractivity contribution >= 4 is 39.0 Å². The molecular weight excluding hydrogens is 290 g/mol. The van der Waals surface area contributed by atoms with Crippen molar-refractivity contribution in [2.75, 3.05) is 0 Å². The van der Waals surface area contributed by atoms with Crippen LogP contribution in [0.5, 0.6) is 0 Å². The van der Waals surface area contributed by atoms with Gasteiger partial charge in [-0.2, -0.15) is 11.3 Å². The van der Waals surface area contributed by atoms with Crippen molar-refractivity contribution in [3.05, 3.63) is 34.3 Å². The lowest BCUT2D eigenvalue weighted by atomic mass is 10.2. The number of thiophene rings is 2. The molecule has 0 spiro atoms. The van der Waals surface area contributed by atoms with Crippen LogP contribution in [0.15, 0.2) is 34.3 Å². The number of hydrogen-bond donors (Lipinski definition) is 0. The summed E-state index contributed by atoms with van der Waals surface area (Å²) < 4.78 is 8.29. The Morgan fingerprint density at radius 1 is 1.25 bits per heavy atom. The molecule has 0 aliphatic carbocycles. The van der Waals surface area contributed by atoms with Gasteiger partial charge in [0.25, 0.3) is 0 Å². The minimum atomic E-state index is -0.504. The van der Waals surface area contributed by atoms with Gasteiger partial charge in [-0.05, 0) is 49.7 Å². The molecule has 0 aromatic carbocycles. The fourth-order valence-electron chi connectivity index (χ4n) is 2.05. The van der Waals surface area contributed by atoms with Crippen LogP contribution < -0.4 is 0 Å². The summed E-state index contributed by atoms with van der Waals surface area (Å²) in [5.74, 6) is 0. The normalized spacial score (nSPS) is 11.9. The molecule has 0 fully saturated rings. The van der Waals surface area contributed by atoms with Crippen LogP contribution in [0, 0.1) is 0 Å². The van der Waals surface area contributed by atoms with Crippen LogP contribution in [0.25, 0.3) is 21.5 Å². The smallest absolute Gasteiger partial charge is 0.419 e. The highest BCUT2D eigenvalue weighted by atomic mass is 32.1. The zero-order chi connectivity index (χ0) is 14.3. The highest BCUT2D eigenvalue weighted by molar-refractivity contribution is 7.17. The van der Waals surface area contributed by atoms with E-state index in [1.807, 2.05) is 55.1 Å². The van der Waals surface area contributed by atoms with E-state index in [-0.39, 0.29) is 6.09 Å². The molecule has 0 saturated carbocycles. The third-order valence-corrected chi connectivity index (χ3v) is 4.35. The average molecular weight is 305 g/mol. The van der Waals surface area contributed by atoms with Gasteiger partial charge in [0, 0.05) is 10.9 Å². The molecule has 3 aromatic heterocycles. The quantitative estimate of drug-likeness (QED) is 0.617. The number of carbonyl (C=O) groups is 1. The Morgan fingerprint density at radius 2 is 2.05 bits per heavy atom. The predicted molar refractivity (Wildman–Crippen MR) is 84.8 cm³/mol. The molecule has 0 radical (unpaired) electrons. The molecule has 3 nitrogen and oxygen atoms in total. The van der Waals surface area contributed by atoms with Gasteiger partial charge in [-0.15, -0.1) is 11.3 Å². The Hall–Kier alpha value is -1.59. The van der Waals surface area contributed by atoms with Gasteiger partial charge in [0.2, 0.25) is 0 Å². The summed E-state index contributed by atoms with van der Waals surface area (Å²) in [6, 6.07) is 6.02. The number of ether oxygens (including phenoxy) is 1. The van der Waals surface area contributed by atoms with E-state index in [4.69, 9.17) is 4.74 Å². The topological polar surface area (TPSA) is 31.2 Å². The second-order valence-corrected chi connectivity index (χ2v) is 7.26. The number of carbonyl (C=O) groups excluding carboxylic acids is 1. The second kappa shape index (κ2) is 4.75. The molecule has 0 saturated heterocycles. The largest absolute Gasteiger partial charge is 0.443 e. The van der Waals surface area contributed by atoms with Gasteiger partial charge >= 0.3 is 6.09 Å². The van der Waals surface area contributed by atoms with Crippen molar-refractivity contribution in [1.82, 2.24) is 4.57 Å². The lowest BCUT2D eigenvalue weighted by Crippen LogP contribution is -2.27. The molecule has 3 rings (SSSR count). The predicted octanol–water partition coefficient (Wildman–Crippen LogP) is 5.21. The lowest BCUT2D eigenvalue weighted by molar-refractivity contribution is 0.0547. The summed E-state index contributed by atoms with van der Waals surface area (Å²) in [4.78, 5) is 12.5. The molecule has 3 heterocycles. The van der Waals surface area contributed by atoms with E-state index in [1.54, 1.807) is 27.2 Å². The summed E-state index contributed by atoms with van der Waals surface area (Å²) in [5, 5.41) is 6.04.